The molecule has 1 amide bonds. The minimum Gasteiger partial charge on any atom is -0.493 e. The Balaban J connectivity index is 1.84. The fourth-order valence-electron chi connectivity index (χ4n) is 2.62. The molecule has 0 unspecified atom stereocenters. The molecule has 1 N–H and O–H groups in total. The van der Waals surface area contributed by atoms with E-state index in [9.17, 15) is 4.79 Å². The number of benzene rings is 1. The maximum absolute atomic E-state index is 12.0. The smallest absolute Gasteiger partial charge is 0.221 e. The molecule has 136 valence electrons. The molecule has 0 aliphatic rings. The van der Waals surface area contributed by atoms with Gasteiger partial charge in [-0.15, -0.1) is 0 Å². The summed E-state index contributed by atoms with van der Waals surface area (Å²) in [7, 11) is 3.21. The van der Waals surface area contributed by atoms with Crippen LogP contribution in [0.3, 0.4) is 0 Å². The number of carbonyl (C=O) groups is 1. The lowest BCUT2D eigenvalue weighted by Gasteiger charge is -2.12. The van der Waals surface area contributed by atoms with Gasteiger partial charge < -0.3 is 14.8 Å². The zero-order valence-corrected chi connectivity index (χ0v) is 16.6. The average molecular weight is 410 g/mol. The van der Waals surface area contributed by atoms with Gasteiger partial charge in [0.15, 0.2) is 11.5 Å². The lowest BCUT2D eigenvalue weighted by atomic mass is 10.1. The Morgan fingerprint density at radius 1 is 1.20 bits per heavy atom. The number of methoxy groups -OCH3 is 2. The Labute approximate surface area is 156 Å². The number of amides is 1. The molecule has 0 saturated heterocycles. The van der Waals surface area contributed by atoms with Gasteiger partial charge >= 0.3 is 0 Å². The standard InChI is InChI=1S/C18H24BrN3O3/c1-12-9-13(2)22(21-12)8-6-18(23)20-7-5-14-10-16(24-3)17(25-4)11-15(14)19/h9-11H,5-8H2,1-4H3,(H,20,23). The number of hydrogen-bond donors (Lipinski definition) is 1. The second-order valence-electron chi connectivity index (χ2n) is 5.80. The fraction of sp³-hybridized carbons (Fsp3) is 0.444. The van der Waals surface area contributed by atoms with Gasteiger partial charge in [0.1, 0.15) is 0 Å². The number of ether oxygens (including phenoxy) is 2. The lowest BCUT2D eigenvalue weighted by molar-refractivity contribution is -0.121. The van der Waals surface area contributed by atoms with Gasteiger partial charge in [0.05, 0.1) is 19.9 Å². The van der Waals surface area contributed by atoms with Crippen molar-refractivity contribution in [2.24, 2.45) is 0 Å². The molecule has 6 nitrogen and oxygen atoms in total. The van der Waals surface area contributed by atoms with Crippen molar-refractivity contribution in [1.29, 1.82) is 0 Å². The minimum absolute atomic E-state index is 0.0177. The molecule has 2 rings (SSSR count). The van der Waals surface area contributed by atoms with Crippen LogP contribution in [0.2, 0.25) is 0 Å². The molecule has 0 aliphatic carbocycles. The number of aryl methyl sites for hydroxylation is 3. The van der Waals surface area contributed by atoms with E-state index in [1.54, 1.807) is 14.2 Å². The first-order chi connectivity index (χ1) is 11.9. The van der Waals surface area contributed by atoms with Crippen molar-refractivity contribution in [3.63, 3.8) is 0 Å². The highest BCUT2D eigenvalue weighted by atomic mass is 79.9. The molecule has 0 aliphatic heterocycles. The zero-order valence-electron chi connectivity index (χ0n) is 15.1. The highest BCUT2D eigenvalue weighted by Gasteiger charge is 2.10. The molecule has 25 heavy (non-hydrogen) atoms. The van der Waals surface area contributed by atoms with E-state index in [0.29, 0.717) is 37.4 Å². The van der Waals surface area contributed by atoms with Crippen LogP contribution in [0.1, 0.15) is 23.4 Å². The first kappa shape index (κ1) is 19.3. The summed E-state index contributed by atoms with van der Waals surface area (Å²) in [5.41, 5.74) is 3.09. The molecule has 0 bridgehead atoms. The van der Waals surface area contributed by atoms with Crippen LogP contribution in [0.25, 0.3) is 0 Å². The lowest BCUT2D eigenvalue weighted by Crippen LogP contribution is -2.27. The SMILES string of the molecule is COc1cc(Br)c(CCNC(=O)CCn2nc(C)cc2C)cc1OC. The van der Waals surface area contributed by atoms with Crippen molar-refractivity contribution in [3.05, 3.63) is 39.6 Å². The van der Waals surface area contributed by atoms with Crippen molar-refractivity contribution < 1.29 is 14.3 Å². The topological polar surface area (TPSA) is 65.4 Å². The van der Waals surface area contributed by atoms with Gasteiger partial charge in [0.2, 0.25) is 5.91 Å². The molecule has 1 aromatic carbocycles. The molecule has 0 atom stereocenters. The van der Waals surface area contributed by atoms with Gasteiger partial charge in [-0.05, 0) is 44.0 Å². The van der Waals surface area contributed by atoms with Crippen molar-refractivity contribution >= 4 is 21.8 Å². The number of aromatic nitrogens is 2. The summed E-state index contributed by atoms with van der Waals surface area (Å²) < 4.78 is 13.4. The first-order valence-corrected chi connectivity index (χ1v) is 8.92. The maximum atomic E-state index is 12.0. The molecule has 0 fully saturated rings. The third kappa shape index (κ3) is 5.22. The van der Waals surface area contributed by atoms with Gasteiger partial charge in [0, 0.05) is 29.7 Å². The van der Waals surface area contributed by atoms with Crippen LogP contribution in [0, 0.1) is 13.8 Å². The van der Waals surface area contributed by atoms with Crippen LogP contribution < -0.4 is 14.8 Å². The number of nitrogens with one attached hydrogen (secondary N) is 1. The van der Waals surface area contributed by atoms with Gasteiger partial charge in [-0.2, -0.15) is 5.10 Å². The average Bonchev–Trinajstić information content (AvgIpc) is 2.91. The number of hydrogen-bond acceptors (Lipinski definition) is 4. The third-order valence-corrected chi connectivity index (χ3v) is 4.66. The van der Waals surface area contributed by atoms with Gasteiger partial charge in [-0.25, -0.2) is 0 Å². The number of rotatable bonds is 8. The summed E-state index contributed by atoms with van der Waals surface area (Å²) in [6.45, 7) is 5.09. The second kappa shape index (κ2) is 8.89. The summed E-state index contributed by atoms with van der Waals surface area (Å²) in [5, 5.41) is 7.31. The summed E-state index contributed by atoms with van der Waals surface area (Å²) >= 11 is 3.53. The fourth-order valence-corrected chi connectivity index (χ4v) is 3.14. The molecule has 0 radical (unpaired) electrons. The van der Waals surface area contributed by atoms with Crippen LogP contribution in [-0.4, -0.2) is 36.5 Å². The van der Waals surface area contributed by atoms with Crippen molar-refractivity contribution in [3.8, 4) is 11.5 Å². The second-order valence-corrected chi connectivity index (χ2v) is 6.65. The Morgan fingerprint density at radius 3 is 2.48 bits per heavy atom. The van der Waals surface area contributed by atoms with E-state index in [0.717, 1.165) is 21.4 Å². The highest BCUT2D eigenvalue weighted by molar-refractivity contribution is 9.10. The largest absolute Gasteiger partial charge is 0.493 e. The summed E-state index contributed by atoms with van der Waals surface area (Å²) in [6.07, 6.45) is 1.11. The summed E-state index contributed by atoms with van der Waals surface area (Å²) in [5.74, 6) is 1.37. The molecule has 1 heterocycles. The van der Waals surface area contributed by atoms with E-state index in [4.69, 9.17) is 9.47 Å². The van der Waals surface area contributed by atoms with E-state index < -0.39 is 0 Å². The molecule has 1 aromatic heterocycles. The van der Waals surface area contributed by atoms with E-state index >= 15 is 0 Å². The monoisotopic (exact) mass is 409 g/mol. The number of halogens is 1. The number of nitrogens with zero attached hydrogens (tertiary/aromatic N) is 2. The molecule has 2 aromatic rings. The Bertz CT molecular complexity index is 743. The Hall–Kier alpha value is -2.02. The van der Waals surface area contributed by atoms with Crippen LogP contribution in [0.5, 0.6) is 11.5 Å². The van der Waals surface area contributed by atoms with E-state index in [1.807, 2.05) is 36.7 Å². The zero-order chi connectivity index (χ0) is 18.4. The van der Waals surface area contributed by atoms with E-state index in [2.05, 4.69) is 26.3 Å². The van der Waals surface area contributed by atoms with E-state index in [1.165, 1.54) is 0 Å². The van der Waals surface area contributed by atoms with Crippen molar-refractivity contribution in [1.82, 2.24) is 15.1 Å². The van der Waals surface area contributed by atoms with Gasteiger partial charge in [-0.1, -0.05) is 15.9 Å². The van der Waals surface area contributed by atoms with Crippen molar-refractivity contribution in [2.75, 3.05) is 20.8 Å². The summed E-state index contributed by atoms with van der Waals surface area (Å²) in [6, 6.07) is 5.80. The Morgan fingerprint density at radius 2 is 1.88 bits per heavy atom. The molecular weight excluding hydrogens is 386 g/mol. The van der Waals surface area contributed by atoms with Crippen LogP contribution in [0.15, 0.2) is 22.7 Å². The predicted octanol–water partition coefficient (Wildman–Crippen LogP) is 3.03. The van der Waals surface area contributed by atoms with Crippen molar-refractivity contribution in [2.45, 2.75) is 33.2 Å². The van der Waals surface area contributed by atoms with Gasteiger partial charge in [-0.3, -0.25) is 9.48 Å². The molecule has 7 heteroatoms. The van der Waals surface area contributed by atoms with E-state index in [-0.39, 0.29) is 5.91 Å². The number of carbonyl (C=O) groups excluding carboxylic acids is 1. The molecule has 0 spiro atoms. The first-order valence-electron chi connectivity index (χ1n) is 8.12. The molecular formula is C18H24BrN3O3. The van der Waals surface area contributed by atoms with Crippen LogP contribution in [-0.2, 0) is 17.8 Å². The highest BCUT2D eigenvalue weighted by Crippen LogP contribution is 2.33. The minimum atomic E-state index is 0.0177. The summed E-state index contributed by atoms with van der Waals surface area (Å²) in [4.78, 5) is 12.0. The Kier molecular flexibility index (Phi) is 6.87. The van der Waals surface area contributed by atoms with Crippen LogP contribution >= 0.6 is 15.9 Å². The maximum Gasteiger partial charge on any atom is 0.221 e. The quantitative estimate of drug-likeness (QED) is 0.727. The van der Waals surface area contributed by atoms with Crippen LogP contribution in [0.4, 0.5) is 0 Å². The third-order valence-electron chi connectivity index (χ3n) is 3.92. The molecule has 0 saturated carbocycles. The van der Waals surface area contributed by atoms with Gasteiger partial charge in [0.25, 0.3) is 0 Å². The predicted molar refractivity (Wildman–Crippen MR) is 100 cm³/mol. The normalized spacial score (nSPS) is 10.6.